The van der Waals surface area contributed by atoms with Crippen LogP contribution in [-0.2, 0) is 0 Å². The van der Waals surface area contributed by atoms with Crippen molar-refractivity contribution in [3.8, 4) is 0 Å². The number of rotatable bonds is 5. The molecule has 0 radical (unpaired) electrons. The molecule has 0 bridgehead atoms. The van der Waals surface area contributed by atoms with E-state index in [1.54, 1.807) is 55.6 Å². The van der Waals surface area contributed by atoms with E-state index in [9.17, 15) is 9.59 Å². The lowest BCUT2D eigenvalue weighted by Crippen LogP contribution is -2.31. The van der Waals surface area contributed by atoms with Crippen LogP contribution in [0.15, 0.2) is 60.0 Å². The van der Waals surface area contributed by atoms with Gasteiger partial charge >= 0.3 is 0 Å². The van der Waals surface area contributed by atoms with Crippen LogP contribution in [0.1, 0.15) is 38.6 Å². The molecule has 0 saturated heterocycles. The van der Waals surface area contributed by atoms with Crippen molar-refractivity contribution < 1.29 is 9.59 Å². The van der Waals surface area contributed by atoms with Gasteiger partial charge in [-0.25, -0.2) is 0 Å². The first-order chi connectivity index (χ1) is 13.4. The van der Waals surface area contributed by atoms with Crippen LogP contribution in [-0.4, -0.2) is 18.9 Å². The first-order valence-corrected chi connectivity index (χ1v) is 10.2. The van der Waals surface area contributed by atoms with E-state index in [1.807, 2.05) is 18.4 Å². The van der Waals surface area contributed by atoms with Crippen molar-refractivity contribution in [2.45, 2.75) is 13.0 Å². The van der Waals surface area contributed by atoms with E-state index < -0.39 is 0 Å². The van der Waals surface area contributed by atoms with Gasteiger partial charge in [0.25, 0.3) is 11.8 Å². The van der Waals surface area contributed by atoms with Gasteiger partial charge in [-0.1, -0.05) is 47.5 Å². The maximum Gasteiger partial charge on any atom is 0.268 e. The minimum atomic E-state index is -0.330. The van der Waals surface area contributed by atoms with Gasteiger partial charge in [-0.15, -0.1) is 11.3 Å². The Labute approximate surface area is 177 Å². The van der Waals surface area contributed by atoms with Gasteiger partial charge < -0.3 is 10.2 Å². The van der Waals surface area contributed by atoms with Crippen molar-refractivity contribution in [3.63, 3.8) is 0 Å². The van der Waals surface area contributed by atoms with Gasteiger partial charge in [-0.05, 0) is 48.2 Å². The summed E-state index contributed by atoms with van der Waals surface area (Å²) >= 11 is 13.6. The standard InChI is InChI=1S/C21H18Cl2N2O2S/c1-13(15-10-9-14(22)12-17(15)23)24-20(26)16-6-3-4-7-18(16)25(2)21(27)19-8-5-11-28-19/h3-13H,1-2H3,(H,24,26). The fourth-order valence-corrected chi connectivity index (χ4v) is 4.11. The Morgan fingerprint density at radius 1 is 1.07 bits per heavy atom. The van der Waals surface area contributed by atoms with Crippen LogP contribution in [0.2, 0.25) is 10.0 Å². The van der Waals surface area contributed by atoms with E-state index >= 15 is 0 Å². The second kappa shape index (κ2) is 8.78. The average Bonchev–Trinajstić information content (AvgIpc) is 3.21. The maximum atomic E-state index is 12.9. The Kier molecular flexibility index (Phi) is 6.39. The molecule has 1 heterocycles. The largest absolute Gasteiger partial charge is 0.345 e. The lowest BCUT2D eigenvalue weighted by molar-refractivity contribution is 0.0940. The molecular formula is C21H18Cl2N2O2S. The highest BCUT2D eigenvalue weighted by atomic mass is 35.5. The molecule has 4 nitrogen and oxygen atoms in total. The summed E-state index contributed by atoms with van der Waals surface area (Å²) in [4.78, 5) is 27.7. The number of thiophene rings is 1. The van der Waals surface area contributed by atoms with Gasteiger partial charge in [0.05, 0.1) is 22.2 Å². The summed E-state index contributed by atoms with van der Waals surface area (Å²) in [6.07, 6.45) is 0. The molecule has 0 aliphatic carbocycles. The van der Waals surface area contributed by atoms with E-state index in [4.69, 9.17) is 23.2 Å². The lowest BCUT2D eigenvalue weighted by Gasteiger charge is -2.21. The van der Waals surface area contributed by atoms with E-state index in [0.717, 1.165) is 5.56 Å². The number of anilines is 1. The minimum Gasteiger partial charge on any atom is -0.345 e. The summed E-state index contributed by atoms with van der Waals surface area (Å²) in [5.74, 6) is -0.455. The van der Waals surface area contributed by atoms with Crippen LogP contribution < -0.4 is 10.2 Å². The average molecular weight is 433 g/mol. The van der Waals surface area contributed by atoms with Crippen LogP contribution in [0.3, 0.4) is 0 Å². The van der Waals surface area contributed by atoms with Crippen LogP contribution in [0.25, 0.3) is 0 Å². The van der Waals surface area contributed by atoms with E-state index in [1.165, 1.54) is 16.2 Å². The van der Waals surface area contributed by atoms with Crippen molar-refractivity contribution in [1.29, 1.82) is 0 Å². The number of carbonyl (C=O) groups excluding carboxylic acids is 2. The highest BCUT2D eigenvalue weighted by Crippen LogP contribution is 2.27. The molecular weight excluding hydrogens is 415 g/mol. The lowest BCUT2D eigenvalue weighted by atomic mass is 10.1. The number of nitrogens with zero attached hydrogens (tertiary/aromatic N) is 1. The maximum absolute atomic E-state index is 12.9. The molecule has 1 aromatic heterocycles. The topological polar surface area (TPSA) is 49.4 Å². The molecule has 144 valence electrons. The predicted octanol–water partition coefficient (Wildman–Crippen LogP) is 5.82. The van der Waals surface area contributed by atoms with Crippen LogP contribution in [0, 0.1) is 0 Å². The molecule has 0 aliphatic heterocycles. The number of halogens is 2. The van der Waals surface area contributed by atoms with E-state index in [2.05, 4.69) is 5.32 Å². The van der Waals surface area contributed by atoms with E-state index in [-0.39, 0.29) is 17.9 Å². The van der Waals surface area contributed by atoms with Gasteiger partial charge in [0, 0.05) is 17.1 Å². The molecule has 1 atom stereocenters. The first kappa shape index (κ1) is 20.4. The van der Waals surface area contributed by atoms with Gasteiger partial charge in [0.2, 0.25) is 0 Å². The molecule has 7 heteroatoms. The van der Waals surface area contributed by atoms with Crippen LogP contribution >= 0.6 is 34.5 Å². The van der Waals surface area contributed by atoms with Crippen molar-refractivity contribution in [2.24, 2.45) is 0 Å². The molecule has 0 fully saturated rings. The van der Waals surface area contributed by atoms with Gasteiger partial charge in [0.15, 0.2) is 0 Å². The fraction of sp³-hybridized carbons (Fsp3) is 0.143. The van der Waals surface area contributed by atoms with Crippen molar-refractivity contribution >= 4 is 52.0 Å². The third-order valence-electron chi connectivity index (χ3n) is 4.32. The SMILES string of the molecule is CC(NC(=O)c1ccccc1N(C)C(=O)c1cccs1)c1ccc(Cl)cc1Cl. The van der Waals surface area contributed by atoms with E-state index in [0.29, 0.717) is 26.2 Å². The van der Waals surface area contributed by atoms with Crippen LogP contribution in [0.4, 0.5) is 5.69 Å². The highest BCUT2D eigenvalue weighted by molar-refractivity contribution is 7.12. The monoisotopic (exact) mass is 432 g/mol. The molecule has 0 spiro atoms. The predicted molar refractivity (Wildman–Crippen MR) is 116 cm³/mol. The number of amides is 2. The summed E-state index contributed by atoms with van der Waals surface area (Å²) < 4.78 is 0. The zero-order valence-electron chi connectivity index (χ0n) is 15.3. The summed E-state index contributed by atoms with van der Waals surface area (Å²) in [5, 5.41) is 5.80. The Balaban J connectivity index is 1.83. The second-order valence-corrected chi connectivity index (χ2v) is 8.01. The third-order valence-corrected chi connectivity index (χ3v) is 5.74. The third kappa shape index (κ3) is 4.38. The molecule has 1 N–H and O–H groups in total. The highest BCUT2D eigenvalue weighted by Gasteiger charge is 2.21. The van der Waals surface area contributed by atoms with Gasteiger partial charge in [0.1, 0.15) is 0 Å². The summed E-state index contributed by atoms with van der Waals surface area (Å²) in [6, 6.07) is 15.4. The summed E-state index contributed by atoms with van der Waals surface area (Å²) in [7, 11) is 1.66. The Bertz CT molecular complexity index is 1010. The number of hydrogen-bond acceptors (Lipinski definition) is 3. The van der Waals surface area contributed by atoms with Gasteiger partial charge in [-0.2, -0.15) is 0 Å². The molecule has 0 aliphatic rings. The Morgan fingerprint density at radius 3 is 2.50 bits per heavy atom. The normalized spacial score (nSPS) is 11.7. The fourth-order valence-electron chi connectivity index (χ4n) is 2.84. The number of benzene rings is 2. The number of nitrogens with one attached hydrogen (secondary N) is 1. The molecule has 1 unspecified atom stereocenters. The van der Waals surface area contributed by atoms with Crippen molar-refractivity contribution in [2.75, 3.05) is 11.9 Å². The van der Waals surface area contributed by atoms with Crippen molar-refractivity contribution in [3.05, 3.63) is 86.0 Å². The molecule has 0 saturated carbocycles. The Morgan fingerprint density at radius 2 is 1.82 bits per heavy atom. The smallest absolute Gasteiger partial charge is 0.268 e. The Hall–Kier alpha value is -2.34. The number of para-hydroxylation sites is 1. The molecule has 28 heavy (non-hydrogen) atoms. The minimum absolute atomic E-state index is 0.163. The first-order valence-electron chi connectivity index (χ1n) is 8.55. The van der Waals surface area contributed by atoms with Crippen molar-refractivity contribution in [1.82, 2.24) is 5.32 Å². The summed E-state index contributed by atoms with van der Waals surface area (Å²) in [5.41, 5.74) is 1.71. The molecule has 2 aromatic carbocycles. The number of hydrogen-bond donors (Lipinski definition) is 1. The zero-order chi connectivity index (χ0) is 20.3. The molecule has 3 aromatic rings. The molecule has 3 rings (SSSR count). The van der Waals surface area contributed by atoms with Crippen LogP contribution in [0.5, 0.6) is 0 Å². The van der Waals surface area contributed by atoms with Gasteiger partial charge in [-0.3, -0.25) is 9.59 Å². The zero-order valence-corrected chi connectivity index (χ0v) is 17.6. The second-order valence-electron chi connectivity index (χ2n) is 6.22. The number of carbonyl (C=O) groups is 2. The summed E-state index contributed by atoms with van der Waals surface area (Å²) in [6.45, 7) is 1.84. The molecule has 2 amide bonds. The quantitative estimate of drug-likeness (QED) is 0.551.